The van der Waals surface area contributed by atoms with Gasteiger partial charge in [0, 0.05) is 19.4 Å². The van der Waals surface area contributed by atoms with Gasteiger partial charge in [-0.3, -0.25) is 4.79 Å². The molecule has 0 aromatic carbocycles. The highest BCUT2D eigenvalue weighted by molar-refractivity contribution is 5.50. The van der Waals surface area contributed by atoms with Crippen molar-refractivity contribution < 1.29 is 22.4 Å². The predicted octanol–water partition coefficient (Wildman–Crippen LogP) is 2.88. The van der Waals surface area contributed by atoms with Crippen molar-refractivity contribution in [2.45, 2.75) is 44.0 Å². The highest BCUT2D eigenvalue weighted by Gasteiger charge is 2.40. The zero-order chi connectivity index (χ0) is 17.4. The number of aromatic nitrogens is 3. The maximum absolute atomic E-state index is 12.5. The lowest BCUT2D eigenvalue weighted by Crippen LogP contribution is -2.27. The van der Waals surface area contributed by atoms with Crippen LogP contribution in [-0.2, 0) is 16.9 Å². The minimum atomic E-state index is -4.49. The standard InChI is InChI=1S/C15H16F3N3O3/c1-23-14(6-2-3-7-14)13-19-12(24-20-13)10-4-5-11(22)21(8-10)9-15(16,17)18/h4-5,8H,2-3,6-7,9H2,1H3. The molecule has 0 saturated heterocycles. The third-order valence-electron chi connectivity index (χ3n) is 4.22. The van der Waals surface area contributed by atoms with Crippen molar-refractivity contribution in [1.29, 1.82) is 0 Å². The first-order valence-electron chi connectivity index (χ1n) is 7.50. The summed E-state index contributed by atoms with van der Waals surface area (Å²) in [6.45, 7) is -1.37. The molecule has 2 heterocycles. The molecule has 130 valence electrons. The van der Waals surface area contributed by atoms with Crippen molar-refractivity contribution in [1.82, 2.24) is 14.7 Å². The molecule has 1 aliphatic carbocycles. The van der Waals surface area contributed by atoms with Crippen molar-refractivity contribution in [3.05, 3.63) is 34.5 Å². The minimum absolute atomic E-state index is 0.0595. The number of alkyl halides is 3. The summed E-state index contributed by atoms with van der Waals surface area (Å²) in [6.07, 6.45) is 0.0576. The van der Waals surface area contributed by atoms with Crippen LogP contribution in [-0.4, -0.2) is 28.0 Å². The molecule has 3 rings (SSSR count). The molecule has 1 fully saturated rings. The lowest BCUT2D eigenvalue weighted by Gasteiger charge is -2.22. The fourth-order valence-electron chi connectivity index (χ4n) is 2.97. The van der Waals surface area contributed by atoms with Crippen LogP contribution in [0, 0.1) is 0 Å². The highest BCUT2D eigenvalue weighted by Crippen LogP contribution is 2.40. The second-order valence-electron chi connectivity index (χ2n) is 5.83. The van der Waals surface area contributed by atoms with Gasteiger partial charge in [0.25, 0.3) is 11.4 Å². The molecule has 0 N–H and O–H groups in total. The summed E-state index contributed by atoms with van der Waals surface area (Å²) in [6, 6.07) is 2.41. The Balaban J connectivity index is 1.93. The van der Waals surface area contributed by atoms with E-state index in [1.54, 1.807) is 7.11 Å². The molecule has 6 nitrogen and oxygen atoms in total. The number of methoxy groups -OCH3 is 1. The second kappa shape index (κ2) is 6.04. The average molecular weight is 343 g/mol. The molecular weight excluding hydrogens is 327 g/mol. The van der Waals surface area contributed by atoms with E-state index >= 15 is 0 Å². The van der Waals surface area contributed by atoms with Crippen LogP contribution < -0.4 is 5.56 Å². The monoisotopic (exact) mass is 343 g/mol. The average Bonchev–Trinajstić information content (AvgIpc) is 3.17. The van der Waals surface area contributed by atoms with Gasteiger partial charge in [0.2, 0.25) is 5.82 Å². The Labute approximate surface area is 135 Å². The molecule has 2 aromatic rings. The van der Waals surface area contributed by atoms with Gasteiger partial charge in [0.05, 0.1) is 5.56 Å². The largest absolute Gasteiger partial charge is 0.406 e. The summed E-state index contributed by atoms with van der Waals surface area (Å²) < 4.78 is 48.9. The number of ether oxygens (including phenoxy) is 1. The maximum Gasteiger partial charge on any atom is 0.406 e. The molecular formula is C15H16F3N3O3. The van der Waals surface area contributed by atoms with Crippen LogP contribution in [0.4, 0.5) is 13.2 Å². The first kappa shape index (κ1) is 16.7. The van der Waals surface area contributed by atoms with Gasteiger partial charge in [0.15, 0.2) is 0 Å². The van der Waals surface area contributed by atoms with Crippen LogP contribution in [0.5, 0.6) is 0 Å². The summed E-state index contributed by atoms with van der Waals surface area (Å²) in [5.41, 5.74) is -1.11. The smallest absolute Gasteiger partial charge is 0.370 e. The predicted molar refractivity (Wildman–Crippen MR) is 77.2 cm³/mol. The number of rotatable bonds is 4. The Morgan fingerprint density at radius 1 is 1.33 bits per heavy atom. The SMILES string of the molecule is COC1(c2noc(-c3ccc(=O)n(CC(F)(F)F)c3)n2)CCCC1. The molecule has 0 radical (unpaired) electrons. The third-order valence-corrected chi connectivity index (χ3v) is 4.22. The van der Waals surface area contributed by atoms with E-state index in [4.69, 9.17) is 9.26 Å². The molecule has 0 atom stereocenters. The van der Waals surface area contributed by atoms with Crippen LogP contribution >= 0.6 is 0 Å². The Kier molecular flexibility index (Phi) is 4.20. The lowest BCUT2D eigenvalue weighted by molar-refractivity contribution is -0.141. The van der Waals surface area contributed by atoms with Crippen molar-refractivity contribution in [2.24, 2.45) is 0 Å². The molecule has 9 heteroatoms. The van der Waals surface area contributed by atoms with Crippen LogP contribution in [0.3, 0.4) is 0 Å². The van der Waals surface area contributed by atoms with E-state index in [1.807, 2.05) is 0 Å². The molecule has 1 saturated carbocycles. The van der Waals surface area contributed by atoms with E-state index in [2.05, 4.69) is 10.1 Å². The normalized spacial score (nSPS) is 17.3. The molecule has 2 aromatic heterocycles. The summed E-state index contributed by atoms with van der Waals surface area (Å²) in [7, 11) is 1.57. The van der Waals surface area contributed by atoms with E-state index in [0.29, 0.717) is 10.4 Å². The summed E-state index contributed by atoms with van der Waals surface area (Å²) in [5, 5.41) is 3.92. The van der Waals surface area contributed by atoms with Crippen molar-refractivity contribution in [3.63, 3.8) is 0 Å². The Morgan fingerprint density at radius 3 is 2.67 bits per heavy atom. The fourth-order valence-corrected chi connectivity index (χ4v) is 2.97. The van der Waals surface area contributed by atoms with E-state index in [0.717, 1.165) is 37.9 Å². The Hall–Kier alpha value is -2.16. The highest BCUT2D eigenvalue weighted by atomic mass is 19.4. The van der Waals surface area contributed by atoms with Gasteiger partial charge in [-0.1, -0.05) is 5.16 Å². The first-order chi connectivity index (χ1) is 11.3. The van der Waals surface area contributed by atoms with Crippen LogP contribution in [0.2, 0.25) is 0 Å². The van der Waals surface area contributed by atoms with E-state index < -0.39 is 23.9 Å². The summed E-state index contributed by atoms with van der Waals surface area (Å²) in [4.78, 5) is 15.8. The van der Waals surface area contributed by atoms with Crippen molar-refractivity contribution >= 4 is 0 Å². The zero-order valence-corrected chi connectivity index (χ0v) is 13.0. The number of hydrogen-bond donors (Lipinski definition) is 0. The topological polar surface area (TPSA) is 70.2 Å². The second-order valence-corrected chi connectivity index (χ2v) is 5.83. The first-order valence-corrected chi connectivity index (χ1v) is 7.50. The van der Waals surface area contributed by atoms with Gasteiger partial charge < -0.3 is 13.8 Å². The van der Waals surface area contributed by atoms with Crippen molar-refractivity contribution in [3.8, 4) is 11.5 Å². The van der Waals surface area contributed by atoms with Gasteiger partial charge in [-0.25, -0.2) is 0 Å². The summed E-state index contributed by atoms with van der Waals surface area (Å²) in [5.74, 6) is 0.440. The van der Waals surface area contributed by atoms with Gasteiger partial charge in [-0.05, 0) is 31.7 Å². The maximum atomic E-state index is 12.5. The van der Waals surface area contributed by atoms with Crippen LogP contribution in [0.25, 0.3) is 11.5 Å². The quantitative estimate of drug-likeness (QED) is 0.854. The minimum Gasteiger partial charge on any atom is -0.370 e. The summed E-state index contributed by atoms with van der Waals surface area (Å²) >= 11 is 0. The third kappa shape index (κ3) is 3.21. The molecule has 0 amide bonds. The Bertz CT molecular complexity index is 776. The van der Waals surface area contributed by atoms with E-state index in [-0.39, 0.29) is 11.5 Å². The molecule has 24 heavy (non-hydrogen) atoms. The van der Waals surface area contributed by atoms with Crippen molar-refractivity contribution in [2.75, 3.05) is 7.11 Å². The van der Waals surface area contributed by atoms with Gasteiger partial charge in [0.1, 0.15) is 12.1 Å². The van der Waals surface area contributed by atoms with E-state index in [1.165, 1.54) is 6.07 Å². The molecule has 1 aliphatic rings. The zero-order valence-electron chi connectivity index (χ0n) is 13.0. The van der Waals surface area contributed by atoms with Gasteiger partial charge >= 0.3 is 6.18 Å². The molecule has 0 aliphatic heterocycles. The Morgan fingerprint density at radius 2 is 2.04 bits per heavy atom. The van der Waals surface area contributed by atoms with Gasteiger partial charge in [-0.15, -0.1) is 0 Å². The van der Waals surface area contributed by atoms with Crippen LogP contribution in [0.15, 0.2) is 27.6 Å². The molecule has 0 spiro atoms. The number of nitrogens with zero attached hydrogens (tertiary/aromatic N) is 3. The number of pyridine rings is 1. The van der Waals surface area contributed by atoms with E-state index in [9.17, 15) is 18.0 Å². The number of halogens is 3. The number of hydrogen-bond acceptors (Lipinski definition) is 5. The molecule has 0 unspecified atom stereocenters. The van der Waals surface area contributed by atoms with Gasteiger partial charge in [-0.2, -0.15) is 18.2 Å². The van der Waals surface area contributed by atoms with Crippen LogP contribution in [0.1, 0.15) is 31.5 Å². The molecule has 0 bridgehead atoms. The lowest BCUT2D eigenvalue weighted by atomic mass is 10.0. The fraction of sp³-hybridized carbons (Fsp3) is 0.533.